The first kappa shape index (κ1) is 15.8. The van der Waals surface area contributed by atoms with Crippen LogP contribution in [0.1, 0.15) is 32.6 Å². The van der Waals surface area contributed by atoms with E-state index in [1.54, 1.807) is 17.0 Å². The molecule has 1 saturated heterocycles. The molecule has 6 heteroatoms. The maximum absolute atomic E-state index is 12.6. The van der Waals surface area contributed by atoms with Crippen molar-refractivity contribution < 1.29 is 13.2 Å². The van der Waals surface area contributed by atoms with Gasteiger partial charge in [0, 0.05) is 18.8 Å². The third-order valence-corrected chi connectivity index (χ3v) is 5.96. The Labute approximate surface area is 126 Å². The molecule has 116 valence electrons. The summed E-state index contributed by atoms with van der Waals surface area (Å²) in [5, 5.41) is -1.07. The van der Waals surface area contributed by atoms with Gasteiger partial charge in [-0.25, -0.2) is 8.42 Å². The van der Waals surface area contributed by atoms with Gasteiger partial charge in [-0.15, -0.1) is 0 Å². The minimum atomic E-state index is -3.69. The molecule has 1 aromatic carbocycles. The zero-order valence-electron chi connectivity index (χ0n) is 12.3. The molecule has 0 bridgehead atoms. The van der Waals surface area contributed by atoms with Gasteiger partial charge in [0.1, 0.15) is 5.25 Å². The lowest BCUT2D eigenvalue weighted by atomic mass is 10.2. The quantitative estimate of drug-likeness (QED) is 0.864. The highest BCUT2D eigenvalue weighted by atomic mass is 32.2. The maximum atomic E-state index is 12.6. The molecule has 1 fully saturated rings. The Kier molecular flexibility index (Phi) is 4.88. The highest BCUT2D eigenvalue weighted by molar-refractivity contribution is 7.92. The molecular formula is C15H22N2O3S. The summed E-state index contributed by atoms with van der Waals surface area (Å²) < 4.78 is 25.1. The van der Waals surface area contributed by atoms with Gasteiger partial charge >= 0.3 is 0 Å². The minimum Gasteiger partial charge on any atom is -0.399 e. The third-order valence-electron chi connectivity index (χ3n) is 3.92. The summed E-state index contributed by atoms with van der Waals surface area (Å²) in [6.45, 7) is 2.76. The molecule has 1 aliphatic rings. The average Bonchev–Trinajstić information content (AvgIpc) is 2.74. The first-order valence-electron chi connectivity index (χ1n) is 7.31. The van der Waals surface area contributed by atoms with Gasteiger partial charge in [0.25, 0.3) is 0 Å². The van der Waals surface area contributed by atoms with Crippen molar-refractivity contribution in [1.29, 1.82) is 0 Å². The lowest BCUT2D eigenvalue weighted by Gasteiger charge is -2.24. The molecule has 5 nitrogen and oxygen atoms in total. The van der Waals surface area contributed by atoms with E-state index in [4.69, 9.17) is 5.73 Å². The Balaban J connectivity index is 2.21. The molecule has 1 amide bonds. The van der Waals surface area contributed by atoms with Crippen molar-refractivity contribution in [2.75, 3.05) is 18.8 Å². The molecule has 1 heterocycles. The maximum Gasteiger partial charge on any atom is 0.241 e. The van der Waals surface area contributed by atoms with E-state index in [0.717, 1.165) is 25.7 Å². The number of likely N-dealkylation sites (tertiary alicyclic amines) is 1. The topological polar surface area (TPSA) is 80.5 Å². The third kappa shape index (κ3) is 3.56. The van der Waals surface area contributed by atoms with Gasteiger partial charge < -0.3 is 10.6 Å². The van der Waals surface area contributed by atoms with Gasteiger partial charge in [-0.05, 0) is 38.0 Å². The minimum absolute atomic E-state index is 0.109. The fourth-order valence-corrected chi connectivity index (χ4v) is 3.97. The molecule has 0 aliphatic carbocycles. The van der Waals surface area contributed by atoms with Crippen molar-refractivity contribution >= 4 is 21.4 Å². The molecule has 1 unspecified atom stereocenters. The summed E-state index contributed by atoms with van der Waals surface area (Å²) in [5.41, 5.74) is 6.02. The Bertz CT molecular complexity index is 605. The van der Waals surface area contributed by atoms with Crippen LogP contribution in [0, 0.1) is 0 Å². The summed E-state index contributed by atoms with van der Waals surface area (Å²) in [7, 11) is -3.69. The largest absolute Gasteiger partial charge is 0.399 e. The zero-order chi connectivity index (χ0) is 15.5. The van der Waals surface area contributed by atoms with Crippen LogP contribution in [-0.2, 0) is 14.6 Å². The smallest absolute Gasteiger partial charge is 0.241 e. The Morgan fingerprint density at radius 3 is 2.38 bits per heavy atom. The number of hydrogen-bond donors (Lipinski definition) is 1. The van der Waals surface area contributed by atoms with Crippen LogP contribution in [0.5, 0.6) is 0 Å². The molecule has 0 radical (unpaired) electrons. The number of anilines is 1. The van der Waals surface area contributed by atoms with Gasteiger partial charge in [0.05, 0.1) is 4.90 Å². The van der Waals surface area contributed by atoms with Crippen LogP contribution in [0.4, 0.5) is 5.69 Å². The van der Waals surface area contributed by atoms with Crippen LogP contribution >= 0.6 is 0 Å². The molecule has 2 rings (SSSR count). The van der Waals surface area contributed by atoms with Crippen molar-refractivity contribution in [3.63, 3.8) is 0 Å². The number of benzene rings is 1. The predicted octanol–water partition coefficient (Wildman–Crippen LogP) is 1.83. The number of rotatable bonds is 3. The number of nitrogen functional groups attached to an aromatic ring is 1. The number of hydrogen-bond acceptors (Lipinski definition) is 4. The van der Waals surface area contributed by atoms with Gasteiger partial charge in [-0.1, -0.05) is 18.9 Å². The van der Waals surface area contributed by atoms with Gasteiger partial charge in [-0.3, -0.25) is 4.79 Å². The monoisotopic (exact) mass is 310 g/mol. The molecule has 1 atom stereocenters. The van der Waals surface area contributed by atoms with Crippen LogP contribution in [0.25, 0.3) is 0 Å². The molecule has 2 N–H and O–H groups in total. The van der Waals surface area contributed by atoms with E-state index in [9.17, 15) is 13.2 Å². The number of carbonyl (C=O) groups excluding carboxylic acids is 1. The van der Waals surface area contributed by atoms with Crippen molar-refractivity contribution in [1.82, 2.24) is 4.90 Å². The highest BCUT2D eigenvalue weighted by Gasteiger charge is 2.33. The van der Waals surface area contributed by atoms with Gasteiger partial charge in [-0.2, -0.15) is 0 Å². The van der Waals surface area contributed by atoms with Crippen LogP contribution in [0.2, 0.25) is 0 Å². The first-order valence-corrected chi connectivity index (χ1v) is 8.86. The zero-order valence-corrected chi connectivity index (χ0v) is 13.1. The summed E-state index contributed by atoms with van der Waals surface area (Å²) in [6.07, 6.45) is 4.08. The molecule has 1 aliphatic heterocycles. The van der Waals surface area contributed by atoms with E-state index in [1.165, 1.54) is 19.1 Å². The molecule has 0 saturated carbocycles. The lowest BCUT2D eigenvalue weighted by Crippen LogP contribution is -2.42. The lowest BCUT2D eigenvalue weighted by molar-refractivity contribution is -0.130. The Hall–Kier alpha value is -1.56. The average molecular weight is 310 g/mol. The Morgan fingerprint density at radius 2 is 1.81 bits per heavy atom. The standard InChI is InChI=1S/C15H22N2O3S/c1-12(15(18)17-9-4-2-3-5-10-17)21(19,20)14-8-6-7-13(16)11-14/h6-8,11-12H,2-5,9-10,16H2,1H3. The Morgan fingerprint density at radius 1 is 1.19 bits per heavy atom. The second-order valence-corrected chi connectivity index (χ2v) is 7.77. The van der Waals surface area contributed by atoms with Crippen LogP contribution in [-0.4, -0.2) is 37.6 Å². The first-order chi connectivity index (χ1) is 9.93. The summed E-state index contributed by atoms with van der Waals surface area (Å²) in [6, 6.07) is 6.10. The van der Waals surface area contributed by atoms with Gasteiger partial charge in [0.15, 0.2) is 9.84 Å². The van der Waals surface area contributed by atoms with Crippen molar-refractivity contribution in [3.8, 4) is 0 Å². The molecule has 0 aromatic heterocycles. The number of amides is 1. The van der Waals surface area contributed by atoms with Gasteiger partial charge in [0.2, 0.25) is 5.91 Å². The number of sulfone groups is 1. The van der Waals surface area contributed by atoms with E-state index in [2.05, 4.69) is 0 Å². The molecule has 0 spiro atoms. The van der Waals surface area contributed by atoms with Crippen molar-refractivity contribution in [2.24, 2.45) is 0 Å². The fraction of sp³-hybridized carbons (Fsp3) is 0.533. The summed E-state index contributed by atoms with van der Waals surface area (Å²) >= 11 is 0. The second-order valence-electron chi connectivity index (χ2n) is 5.50. The SMILES string of the molecule is CC(C(=O)N1CCCCCC1)S(=O)(=O)c1cccc(N)c1. The van der Waals surface area contributed by atoms with Crippen LogP contribution < -0.4 is 5.73 Å². The summed E-state index contributed by atoms with van der Waals surface area (Å²) in [4.78, 5) is 14.3. The van der Waals surface area contributed by atoms with Crippen LogP contribution in [0.15, 0.2) is 29.2 Å². The van der Waals surface area contributed by atoms with E-state index in [-0.39, 0.29) is 10.8 Å². The number of nitrogens with zero attached hydrogens (tertiary/aromatic N) is 1. The normalized spacial score (nSPS) is 18.0. The highest BCUT2D eigenvalue weighted by Crippen LogP contribution is 2.21. The number of nitrogens with two attached hydrogens (primary N) is 1. The van der Waals surface area contributed by atoms with E-state index in [1.807, 2.05) is 0 Å². The van der Waals surface area contributed by atoms with Crippen molar-refractivity contribution in [3.05, 3.63) is 24.3 Å². The summed E-state index contributed by atoms with van der Waals surface area (Å²) in [5.74, 6) is -0.306. The molecule has 21 heavy (non-hydrogen) atoms. The number of carbonyl (C=O) groups is 1. The van der Waals surface area contributed by atoms with E-state index >= 15 is 0 Å². The van der Waals surface area contributed by atoms with E-state index in [0.29, 0.717) is 18.8 Å². The second kappa shape index (κ2) is 6.47. The predicted molar refractivity (Wildman–Crippen MR) is 82.6 cm³/mol. The van der Waals surface area contributed by atoms with Crippen LogP contribution in [0.3, 0.4) is 0 Å². The molecule has 1 aromatic rings. The fourth-order valence-electron chi connectivity index (χ4n) is 2.58. The van der Waals surface area contributed by atoms with E-state index < -0.39 is 15.1 Å². The molecular weight excluding hydrogens is 288 g/mol. The van der Waals surface area contributed by atoms with Crippen molar-refractivity contribution in [2.45, 2.75) is 42.8 Å².